The van der Waals surface area contributed by atoms with Crippen LogP contribution < -0.4 is 9.57 Å². The first-order valence-electron chi connectivity index (χ1n) is 6.43. The molecule has 0 radical (unpaired) electrons. The molecule has 0 spiro atoms. The van der Waals surface area contributed by atoms with Crippen molar-refractivity contribution in [3.63, 3.8) is 0 Å². The van der Waals surface area contributed by atoms with E-state index in [4.69, 9.17) is 4.84 Å². The summed E-state index contributed by atoms with van der Waals surface area (Å²) < 4.78 is 31.6. The molecule has 0 fully saturated rings. The van der Waals surface area contributed by atoms with E-state index < -0.39 is 10.1 Å². The van der Waals surface area contributed by atoms with Gasteiger partial charge in [-0.15, -0.1) is 0 Å². The van der Waals surface area contributed by atoms with Crippen LogP contribution in [0, 0.1) is 6.92 Å². The van der Waals surface area contributed by atoms with Crippen molar-refractivity contribution < 1.29 is 22.5 Å². The zero-order chi connectivity index (χ0) is 14.7. The highest BCUT2D eigenvalue weighted by Gasteiger charge is 1.96. The molecule has 0 bridgehead atoms. The summed E-state index contributed by atoms with van der Waals surface area (Å²) in [6.45, 7) is 6.66. The minimum absolute atomic E-state index is 0.208. The fraction of sp³-hybridized carbons (Fsp3) is 0.615. The van der Waals surface area contributed by atoms with E-state index in [1.54, 1.807) is 4.73 Å². The Balaban J connectivity index is 0.000000344. The summed E-state index contributed by atoms with van der Waals surface area (Å²) in [5, 5.41) is 0. The van der Waals surface area contributed by atoms with Crippen LogP contribution in [0.15, 0.2) is 24.5 Å². The summed E-state index contributed by atoms with van der Waals surface area (Å²) in [4.78, 5) is 5.20. The van der Waals surface area contributed by atoms with Crippen molar-refractivity contribution in [3.05, 3.63) is 30.1 Å². The largest absolute Gasteiger partial charge is 0.748 e. The van der Waals surface area contributed by atoms with E-state index in [9.17, 15) is 13.0 Å². The Morgan fingerprint density at radius 2 is 2.00 bits per heavy atom. The maximum atomic E-state index is 9.95. The smallest absolute Gasteiger partial charge is 0.225 e. The topological polar surface area (TPSA) is 70.3 Å². The molecule has 1 heterocycles. The molecule has 1 rings (SSSR count). The first-order chi connectivity index (χ1) is 8.89. The average Bonchev–Trinajstić information content (AvgIpc) is 2.29. The van der Waals surface area contributed by atoms with Crippen molar-refractivity contribution in [2.45, 2.75) is 40.0 Å². The Labute approximate surface area is 115 Å². The normalized spacial score (nSPS) is 10.5. The molecule has 0 saturated heterocycles. The third kappa shape index (κ3) is 11.7. The van der Waals surface area contributed by atoms with Crippen LogP contribution in [-0.2, 0) is 10.1 Å². The lowest BCUT2D eigenvalue weighted by atomic mass is 10.3. The molecule has 6 heteroatoms. The maximum absolute atomic E-state index is 9.95. The number of nitrogens with zero attached hydrogens (tertiary/aromatic N) is 1. The predicted molar refractivity (Wildman–Crippen MR) is 72.6 cm³/mol. The Kier molecular flexibility index (Phi) is 9.16. The zero-order valence-corrected chi connectivity index (χ0v) is 12.6. The van der Waals surface area contributed by atoms with Gasteiger partial charge in [0.25, 0.3) is 0 Å². The second-order valence-corrected chi connectivity index (χ2v) is 5.65. The van der Waals surface area contributed by atoms with Crippen LogP contribution in [0.2, 0.25) is 0 Å². The lowest BCUT2D eigenvalue weighted by Crippen LogP contribution is -2.41. The Hall–Kier alpha value is -1.14. The summed E-state index contributed by atoms with van der Waals surface area (Å²) in [5.74, 6) is -0.208. The van der Waals surface area contributed by atoms with Crippen LogP contribution >= 0.6 is 0 Å². The molecule has 110 valence electrons. The summed E-state index contributed by atoms with van der Waals surface area (Å²) in [5.41, 5.74) is 1.20. The fourth-order valence-electron chi connectivity index (χ4n) is 1.32. The minimum atomic E-state index is -3.95. The van der Waals surface area contributed by atoms with Crippen LogP contribution in [0.25, 0.3) is 0 Å². The van der Waals surface area contributed by atoms with E-state index in [0.29, 0.717) is 13.0 Å². The van der Waals surface area contributed by atoms with Crippen LogP contribution in [0.5, 0.6) is 0 Å². The maximum Gasteiger partial charge on any atom is 0.225 e. The number of unbranched alkanes of at least 4 members (excludes halogenated alkanes) is 2. The molecule has 0 atom stereocenters. The van der Waals surface area contributed by atoms with E-state index in [0.717, 1.165) is 12.8 Å². The van der Waals surface area contributed by atoms with Gasteiger partial charge in [0.2, 0.25) is 12.4 Å². The van der Waals surface area contributed by atoms with Crippen molar-refractivity contribution in [2.75, 3.05) is 12.4 Å². The molecule has 0 aliphatic rings. The molecular weight excluding hydrogens is 266 g/mol. The first-order valence-corrected chi connectivity index (χ1v) is 8.01. The molecule has 0 N–H and O–H groups in total. The van der Waals surface area contributed by atoms with Gasteiger partial charge in [-0.05, 0) is 26.3 Å². The van der Waals surface area contributed by atoms with Crippen molar-refractivity contribution in [3.8, 4) is 0 Å². The third-order valence-electron chi connectivity index (χ3n) is 2.20. The van der Waals surface area contributed by atoms with Crippen molar-refractivity contribution in [1.82, 2.24) is 0 Å². The summed E-state index contributed by atoms with van der Waals surface area (Å²) in [6.07, 6.45) is 6.10. The van der Waals surface area contributed by atoms with Crippen molar-refractivity contribution >= 4 is 10.1 Å². The lowest BCUT2D eigenvalue weighted by molar-refractivity contribution is -0.891. The van der Waals surface area contributed by atoms with Gasteiger partial charge in [-0.3, -0.25) is 4.84 Å². The van der Waals surface area contributed by atoms with E-state index in [1.807, 2.05) is 45.3 Å². The number of pyridine rings is 1. The summed E-state index contributed by atoms with van der Waals surface area (Å²) in [6, 6.07) is 4.00. The van der Waals surface area contributed by atoms with Gasteiger partial charge in [-0.25, -0.2) is 8.42 Å². The predicted octanol–water partition coefficient (Wildman–Crippen LogP) is 1.45. The average molecular weight is 289 g/mol. The van der Waals surface area contributed by atoms with Gasteiger partial charge in [-0.1, -0.05) is 19.8 Å². The molecule has 0 aliphatic carbocycles. The van der Waals surface area contributed by atoms with Crippen LogP contribution in [0.1, 0.15) is 38.7 Å². The van der Waals surface area contributed by atoms with E-state index in [2.05, 4.69) is 0 Å². The zero-order valence-electron chi connectivity index (χ0n) is 11.8. The fourth-order valence-corrected chi connectivity index (χ4v) is 1.88. The van der Waals surface area contributed by atoms with Crippen molar-refractivity contribution in [2.24, 2.45) is 0 Å². The second kappa shape index (κ2) is 9.75. The summed E-state index contributed by atoms with van der Waals surface area (Å²) in [7, 11) is -3.95. The van der Waals surface area contributed by atoms with E-state index in [-0.39, 0.29) is 5.75 Å². The van der Waals surface area contributed by atoms with Crippen molar-refractivity contribution in [1.29, 1.82) is 0 Å². The molecule has 1 aromatic rings. The number of aromatic nitrogens is 1. The third-order valence-corrected chi connectivity index (χ3v) is 2.99. The number of rotatable bonds is 6. The molecular formula is C13H23NO4S. The van der Waals surface area contributed by atoms with E-state index in [1.165, 1.54) is 5.56 Å². The van der Waals surface area contributed by atoms with Crippen LogP contribution in [0.4, 0.5) is 0 Å². The first kappa shape index (κ1) is 17.9. The molecule has 0 amide bonds. The molecule has 0 unspecified atom stereocenters. The highest BCUT2D eigenvalue weighted by molar-refractivity contribution is 7.85. The van der Waals surface area contributed by atoms with E-state index >= 15 is 0 Å². The van der Waals surface area contributed by atoms with Gasteiger partial charge in [0, 0.05) is 22.1 Å². The number of aryl methyl sites for hydroxylation is 1. The SMILES string of the molecule is CCCCCS(=O)(=O)[O-].CCO[n+]1cccc(C)c1. The highest BCUT2D eigenvalue weighted by atomic mass is 32.2. The second-order valence-electron chi connectivity index (χ2n) is 4.13. The number of hydrogen-bond donors (Lipinski definition) is 0. The van der Waals surface area contributed by atoms with Gasteiger partial charge >= 0.3 is 0 Å². The van der Waals surface area contributed by atoms with Gasteiger partial charge in [0.05, 0.1) is 10.1 Å². The Morgan fingerprint density at radius 3 is 2.47 bits per heavy atom. The van der Waals surface area contributed by atoms with Crippen LogP contribution in [0.3, 0.4) is 0 Å². The lowest BCUT2D eigenvalue weighted by Gasteiger charge is -2.03. The molecule has 1 aromatic heterocycles. The molecule has 0 aliphatic heterocycles. The molecule has 0 saturated carbocycles. The molecule has 0 aromatic carbocycles. The Bertz CT molecular complexity index is 446. The van der Waals surface area contributed by atoms with Gasteiger partial charge in [0.1, 0.15) is 0 Å². The number of hydrogen-bond acceptors (Lipinski definition) is 4. The molecule has 19 heavy (non-hydrogen) atoms. The molecule has 5 nitrogen and oxygen atoms in total. The standard InChI is InChI=1S/C8H12NO.C5H12O3S/c1-3-10-9-6-4-5-8(2)7-9;1-2-3-4-5-9(6,7)8/h4-7H,3H2,1-2H3;2-5H2,1H3,(H,6,7,8)/q+1;/p-1. The Morgan fingerprint density at radius 1 is 1.32 bits per heavy atom. The minimum Gasteiger partial charge on any atom is -0.748 e. The van der Waals surface area contributed by atoms with Gasteiger partial charge < -0.3 is 4.55 Å². The monoisotopic (exact) mass is 289 g/mol. The van der Waals surface area contributed by atoms with Gasteiger partial charge in [0.15, 0.2) is 6.61 Å². The van der Waals surface area contributed by atoms with Gasteiger partial charge in [-0.2, -0.15) is 0 Å². The van der Waals surface area contributed by atoms with Crippen LogP contribution in [-0.4, -0.2) is 25.3 Å². The highest BCUT2D eigenvalue weighted by Crippen LogP contribution is 1.96. The quantitative estimate of drug-likeness (QED) is 0.451. The summed E-state index contributed by atoms with van der Waals surface area (Å²) >= 11 is 0.